The lowest BCUT2D eigenvalue weighted by Crippen LogP contribution is -2.51. The highest BCUT2D eigenvalue weighted by Gasteiger charge is 2.59. The van der Waals surface area contributed by atoms with E-state index in [-0.39, 0.29) is 6.10 Å². The molecular weight excluding hydrogens is 392 g/mol. The Bertz CT molecular complexity index is 666. The van der Waals surface area contributed by atoms with Crippen LogP contribution in [0.2, 0.25) is 0 Å². The molecule has 0 aliphatic heterocycles. The van der Waals surface area contributed by atoms with Gasteiger partial charge in [-0.05, 0) is 105 Å². The molecule has 2 nitrogen and oxygen atoms in total. The first-order valence-corrected chi connectivity index (χ1v) is 14.1. The molecule has 0 radical (unpaired) electrons. The van der Waals surface area contributed by atoms with Crippen molar-refractivity contribution in [2.24, 2.45) is 46.3 Å². The second kappa shape index (κ2) is 9.73. The van der Waals surface area contributed by atoms with Gasteiger partial charge in [-0.3, -0.25) is 0 Å². The molecule has 0 aromatic rings. The largest absolute Gasteiger partial charge is 0.391 e. The summed E-state index contributed by atoms with van der Waals surface area (Å²) < 4.78 is 6.06. The van der Waals surface area contributed by atoms with Crippen LogP contribution < -0.4 is 0 Å². The fraction of sp³-hybridized carbons (Fsp3) is 0.933. The molecule has 9 atom stereocenters. The van der Waals surface area contributed by atoms with Crippen LogP contribution in [0.15, 0.2) is 11.6 Å². The lowest BCUT2D eigenvalue weighted by molar-refractivity contribution is -0.0699. The topological polar surface area (TPSA) is 29.5 Å². The Balaban J connectivity index is 1.44. The molecule has 3 fully saturated rings. The van der Waals surface area contributed by atoms with Crippen molar-refractivity contribution < 1.29 is 9.84 Å². The molecule has 4 aliphatic rings. The SMILES string of the molecule is CC(C)CCC[C@@H](C)[C@H]1CCC2C3CC=C4CC(OCC(C)O)CC[C@]4(C)C3CC[C@@]21C. The molecule has 5 unspecified atom stereocenters. The molecule has 0 saturated heterocycles. The van der Waals surface area contributed by atoms with Gasteiger partial charge in [0.15, 0.2) is 0 Å². The molecule has 0 spiro atoms. The first-order valence-electron chi connectivity index (χ1n) is 14.1. The smallest absolute Gasteiger partial charge is 0.0745 e. The van der Waals surface area contributed by atoms with E-state index < -0.39 is 0 Å². The number of aliphatic hydroxyl groups excluding tert-OH is 1. The maximum absolute atomic E-state index is 9.62. The van der Waals surface area contributed by atoms with Crippen LogP contribution in [-0.4, -0.2) is 23.9 Å². The van der Waals surface area contributed by atoms with E-state index in [9.17, 15) is 5.11 Å². The minimum Gasteiger partial charge on any atom is -0.391 e. The second-order valence-corrected chi connectivity index (χ2v) is 13.3. The summed E-state index contributed by atoms with van der Waals surface area (Å²) in [5.41, 5.74) is 2.67. The predicted octanol–water partition coefficient (Wildman–Crippen LogP) is 7.79. The van der Waals surface area contributed by atoms with Crippen molar-refractivity contribution in [1.82, 2.24) is 0 Å². The summed E-state index contributed by atoms with van der Waals surface area (Å²) in [6.45, 7) is 14.9. The number of rotatable bonds is 8. The summed E-state index contributed by atoms with van der Waals surface area (Å²) in [5.74, 6) is 5.42. The minimum atomic E-state index is -0.355. The Hall–Kier alpha value is -0.340. The molecule has 4 rings (SSSR count). The zero-order valence-corrected chi connectivity index (χ0v) is 22.0. The van der Waals surface area contributed by atoms with Crippen molar-refractivity contribution in [3.05, 3.63) is 11.6 Å². The van der Waals surface area contributed by atoms with E-state index in [0.717, 1.165) is 41.9 Å². The van der Waals surface area contributed by atoms with E-state index >= 15 is 0 Å². The van der Waals surface area contributed by atoms with Gasteiger partial charge in [-0.2, -0.15) is 0 Å². The van der Waals surface area contributed by atoms with E-state index in [2.05, 4.69) is 40.7 Å². The molecule has 3 saturated carbocycles. The van der Waals surface area contributed by atoms with Gasteiger partial charge < -0.3 is 9.84 Å². The summed E-state index contributed by atoms with van der Waals surface area (Å²) in [6, 6.07) is 0. The third kappa shape index (κ3) is 4.61. The van der Waals surface area contributed by atoms with Gasteiger partial charge in [-0.15, -0.1) is 0 Å². The van der Waals surface area contributed by atoms with Gasteiger partial charge in [-0.25, -0.2) is 0 Å². The van der Waals surface area contributed by atoms with Gasteiger partial charge in [0, 0.05) is 0 Å². The van der Waals surface area contributed by atoms with Crippen molar-refractivity contribution in [3.63, 3.8) is 0 Å². The van der Waals surface area contributed by atoms with Crippen LogP contribution in [-0.2, 0) is 4.74 Å². The molecule has 0 aromatic heterocycles. The third-order valence-corrected chi connectivity index (χ3v) is 10.8. The quantitative estimate of drug-likeness (QED) is 0.387. The van der Waals surface area contributed by atoms with Gasteiger partial charge in [0.05, 0.1) is 18.8 Å². The summed E-state index contributed by atoms with van der Waals surface area (Å²) in [5, 5.41) is 9.62. The maximum atomic E-state index is 9.62. The van der Waals surface area contributed by atoms with Crippen LogP contribution in [0.4, 0.5) is 0 Å². The first kappa shape index (κ1) is 24.8. The van der Waals surface area contributed by atoms with Crippen molar-refractivity contribution in [1.29, 1.82) is 0 Å². The highest BCUT2D eigenvalue weighted by Crippen LogP contribution is 2.67. The maximum Gasteiger partial charge on any atom is 0.0745 e. The standard InChI is InChI=1S/C30H52O2/c1-20(2)8-7-9-21(3)26-12-13-27-25-11-10-23-18-24(32-19-22(4)31)14-16-29(23,5)28(25)15-17-30(26,27)6/h10,20-22,24-28,31H,7-9,11-19H2,1-6H3/t21-,22?,24?,25?,26-,27?,28?,29+,30-/m1/s1. The third-order valence-electron chi connectivity index (χ3n) is 10.8. The molecular formula is C30H52O2. The molecule has 0 bridgehead atoms. The van der Waals surface area contributed by atoms with E-state index in [1.165, 1.54) is 64.2 Å². The number of hydrogen-bond donors (Lipinski definition) is 1. The van der Waals surface area contributed by atoms with Crippen molar-refractivity contribution >= 4 is 0 Å². The lowest BCUT2D eigenvalue weighted by atomic mass is 9.47. The zero-order valence-electron chi connectivity index (χ0n) is 22.0. The first-order chi connectivity index (χ1) is 15.1. The number of ether oxygens (including phenoxy) is 1. The van der Waals surface area contributed by atoms with Crippen LogP contribution in [0.3, 0.4) is 0 Å². The number of hydrogen-bond acceptors (Lipinski definition) is 2. The Morgan fingerprint density at radius 1 is 1.00 bits per heavy atom. The molecule has 1 N–H and O–H groups in total. The fourth-order valence-corrected chi connectivity index (χ4v) is 9.07. The Labute approximate surface area is 199 Å². The van der Waals surface area contributed by atoms with Crippen LogP contribution >= 0.6 is 0 Å². The van der Waals surface area contributed by atoms with Gasteiger partial charge >= 0.3 is 0 Å². The number of aliphatic hydroxyl groups is 1. The fourth-order valence-electron chi connectivity index (χ4n) is 9.07. The van der Waals surface area contributed by atoms with Crippen molar-refractivity contribution in [2.45, 2.75) is 124 Å². The predicted molar refractivity (Wildman–Crippen MR) is 134 cm³/mol. The Morgan fingerprint density at radius 3 is 2.50 bits per heavy atom. The van der Waals surface area contributed by atoms with E-state index in [1.807, 2.05) is 6.92 Å². The lowest BCUT2D eigenvalue weighted by Gasteiger charge is -2.58. The van der Waals surface area contributed by atoms with Crippen LogP contribution in [0.1, 0.15) is 112 Å². The average Bonchev–Trinajstić information content (AvgIpc) is 3.09. The zero-order chi connectivity index (χ0) is 23.1. The van der Waals surface area contributed by atoms with Crippen LogP contribution in [0.25, 0.3) is 0 Å². The Kier molecular flexibility index (Phi) is 7.53. The summed E-state index contributed by atoms with van der Waals surface area (Å²) in [7, 11) is 0. The summed E-state index contributed by atoms with van der Waals surface area (Å²) >= 11 is 0. The van der Waals surface area contributed by atoms with E-state index in [1.54, 1.807) is 5.57 Å². The normalized spacial score (nSPS) is 43.2. The molecule has 4 aliphatic carbocycles. The Morgan fingerprint density at radius 2 is 1.78 bits per heavy atom. The van der Waals surface area contributed by atoms with Gasteiger partial charge in [0.2, 0.25) is 0 Å². The van der Waals surface area contributed by atoms with Crippen molar-refractivity contribution in [2.75, 3.05) is 6.61 Å². The molecule has 32 heavy (non-hydrogen) atoms. The molecule has 0 amide bonds. The van der Waals surface area contributed by atoms with Crippen LogP contribution in [0, 0.1) is 46.3 Å². The number of fused-ring (bicyclic) bond motifs is 5. The van der Waals surface area contributed by atoms with Crippen molar-refractivity contribution in [3.8, 4) is 0 Å². The van der Waals surface area contributed by atoms with Crippen LogP contribution in [0.5, 0.6) is 0 Å². The van der Waals surface area contributed by atoms with E-state index in [4.69, 9.17) is 4.74 Å². The van der Waals surface area contributed by atoms with E-state index in [0.29, 0.717) is 23.5 Å². The minimum absolute atomic E-state index is 0.317. The van der Waals surface area contributed by atoms with Gasteiger partial charge in [-0.1, -0.05) is 65.5 Å². The summed E-state index contributed by atoms with van der Waals surface area (Å²) in [6.07, 6.45) is 17.6. The highest BCUT2D eigenvalue weighted by molar-refractivity contribution is 5.25. The summed E-state index contributed by atoms with van der Waals surface area (Å²) in [4.78, 5) is 0. The monoisotopic (exact) mass is 444 g/mol. The van der Waals surface area contributed by atoms with Gasteiger partial charge in [0.1, 0.15) is 0 Å². The number of allylic oxidation sites excluding steroid dienone is 1. The van der Waals surface area contributed by atoms with Gasteiger partial charge in [0.25, 0.3) is 0 Å². The second-order valence-electron chi connectivity index (χ2n) is 13.3. The molecule has 0 heterocycles. The molecule has 2 heteroatoms. The molecule has 184 valence electrons. The molecule has 0 aromatic carbocycles. The average molecular weight is 445 g/mol. The highest BCUT2D eigenvalue weighted by atomic mass is 16.5.